The molecule has 0 unspecified atom stereocenters. The highest BCUT2D eigenvalue weighted by atomic mass is 79.9. The molecule has 0 aliphatic heterocycles. The molecule has 0 aromatic rings. The molecule has 0 heterocycles. The summed E-state index contributed by atoms with van der Waals surface area (Å²) in [6.45, 7) is 6.81. The van der Waals surface area contributed by atoms with Gasteiger partial charge in [0.15, 0.2) is 0 Å². The van der Waals surface area contributed by atoms with Gasteiger partial charge in [-0.2, -0.15) is 0 Å². The lowest BCUT2D eigenvalue weighted by molar-refractivity contribution is -0.0306. The first-order valence-corrected chi connectivity index (χ1v) is 11.3. The van der Waals surface area contributed by atoms with E-state index in [9.17, 15) is 0 Å². The molecule has 140 valence electrons. The molecule has 3 fully saturated rings. The molecular formula is C21H28BrCl2F. The standard InChI is InChI=1S/C21H28BrCl2F/c1-4-12-5-7-14-16-9-17(25)15-8-6-13(22)10-20(15,3)21(16,24)18(23)11-19(12,14)2/h8,10,12,14,16-18H,4-7,9,11H2,1-3H3/t12-,14-,16-,17+,18-,19+,20-,21-/m0/s1. The molecule has 0 N–H and O–H groups in total. The van der Waals surface area contributed by atoms with Crippen molar-refractivity contribution in [2.75, 3.05) is 0 Å². The van der Waals surface area contributed by atoms with Crippen LogP contribution >= 0.6 is 39.1 Å². The predicted molar refractivity (Wildman–Crippen MR) is 108 cm³/mol. The molecule has 0 saturated heterocycles. The Morgan fingerprint density at radius 2 is 2.00 bits per heavy atom. The maximum absolute atomic E-state index is 15.3. The summed E-state index contributed by atoms with van der Waals surface area (Å²) >= 11 is 18.2. The highest BCUT2D eigenvalue weighted by molar-refractivity contribution is 9.11. The Morgan fingerprint density at radius 1 is 1.28 bits per heavy atom. The third kappa shape index (κ3) is 2.29. The average Bonchev–Trinajstić information content (AvgIpc) is 2.86. The van der Waals surface area contributed by atoms with Crippen LogP contribution < -0.4 is 0 Å². The fraction of sp³-hybridized carbons (Fsp3) is 0.810. The lowest BCUT2D eigenvalue weighted by Gasteiger charge is -2.64. The van der Waals surface area contributed by atoms with Crippen LogP contribution in [0.3, 0.4) is 0 Å². The van der Waals surface area contributed by atoms with Crippen molar-refractivity contribution in [3.8, 4) is 0 Å². The summed E-state index contributed by atoms with van der Waals surface area (Å²) in [5, 5.41) is -0.136. The van der Waals surface area contributed by atoms with Crippen molar-refractivity contribution < 1.29 is 4.39 Å². The van der Waals surface area contributed by atoms with E-state index < -0.39 is 16.5 Å². The molecular weight excluding hydrogens is 422 g/mol. The number of hydrogen-bond donors (Lipinski definition) is 0. The van der Waals surface area contributed by atoms with Gasteiger partial charge in [0.2, 0.25) is 0 Å². The number of rotatable bonds is 1. The minimum absolute atomic E-state index is 0.136. The van der Waals surface area contributed by atoms with Crippen LogP contribution in [0.1, 0.15) is 59.3 Å². The molecule has 25 heavy (non-hydrogen) atoms. The second kappa shape index (κ2) is 5.98. The molecule has 8 atom stereocenters. The first kappa shape index (κ1) is 18.8. The zero-order chi connectivity index (χ0) is 18.2. The number of halogens is 4. The molecule has 3 saturated carbocycles. The van der Waals surface area contributed by atoms with Crippen LogP contribution in [-0.4, -0.2) is 16.4 Å². The van der Waals surface area contributed by atoms with Crippen LogP contribution in [0.5, 0.6) is 0 Å². The Bertz CT molecular complexity index is 646. The van der Waals surface area contributed by atoms with Gasteiger partial charge >= 0.3 is 0 Å². The monoisotopic (exact) mass is 448 g/mol. The number of allylic oxidation sites excluding steroid dienone is 4. The smallest absolute Gasteiger partial charge is 0.122 e. The molecule has 0 bridgehead atoms. The van der Waals surface area contributed by atoms with E-state index in [-0.39, 0.29) is 16.7 Å². The zero-order valence-corrected chi connectivity index (χ0v) is 18.4. The Morgan fingerprint density at radius 3 is 2.68 bits per heavy atom. The highest BCUT2D eigenvalue weighted by Gasteiger charge is 2.69. The van der Waals surface area contributed by atoms with Gasteiger partial charge in [-0.15, -0.1) is 23.2 Å². The second-order valence-corrected chi connectivity index (χ2v) is 11.4. The fourth-order valence-corrected chi connectivity index (χ4v) is 8.93. The van der Waals surface area contributed by atoms with E-state index in [4.69, 9.17) is 23.2 Å². The first-order chi connectivity index (χ1) is 11.7. The minimum atomic E-state index is -0.898. The third-order valence-corrected chi connectivity index (χ3v) is 10.5. The van der Waals surface area contributed by atoms with Crippen molar-refractivity contribution in [2.24, 2.45) is 28.6 Å². The van der Waals surface area contributed by atoms with E-state index >= 15 is 4.39 Å². The zero-order valence-electron chi connectivity index (χ0n) is 15.3. The van der Waals surface area contributed by atoms with Gasteiger partial charge in [0.05, 0.1) is 10.3 Å². The largest absolute Gasteiger partial charge is 0.243 e. The lowest BCUT2D eigenvalue weighted by atomic mass is 9.46. The minimum Gasteiger partial charge on any atom is -0.243 e. The SMILES string of the molecule is CC[C@H]1CC[C@H]2[C@@H]3C[C@@H](F)C4=CCC(Br)=C[C@]4(C)[C@@]3(Cl)[C@@H](Cl)C[C@]12C. The molecule has 4 aliphatic rings. The van der Waals surface area contributed by atoms with Crippen LogP contribution in [0.25, 0.3) is 0 Å². The van der Waals surface area contributed by atoms with Crippen LogP contribution in [0.2, 0.25) is 0 Å². The molecule has 0 nitrogen and oxygen atoms in total. The molecule has 0 amide bonds. The van der Waals surface area contributed by atoms with Crippen molar-refractivity contribution in [1.82, 2.24) is 0 Å². The maximum atomic E-state index is 15.3. The summed E-state index contributed by atoms with van der Waals surface area (Å²) in [6.07, 6.45) is 9.16. The van der Waals surface area contributed by atoms with Gasteiger partial charge in [-0.3, -0.25) is 0 Å². The van der Waals surface area contributed by atoms with E-state index in [0.717, 1.165) is 22.9 Å². The van der Waals surface area contributed by atoms with Crippen LogP contribution in [-0.2, 0) is 0 Å². The summed E-state index contributed by atoms with van der Waals surface area (Å²) in [5.41, 5.74) is 0.560. The summed E-state index contributed by atoms with van der Waals surface area (Å²) in [6, 6.07) is 0. The third-order valence-electron chi connectivity index (χ3n) is 8.36. The molecule has 0 radical (unpaired) electrons. The number of fused-ring (bicyclic) bond motifs is 5. The van der Waals surface area contributed by atoms with Crippen molar-refractivity contribution in [2.45, 2.75) is 75.7 Å². The first-order valence-electron chi connectivity index (χ1n) is 9.73. The number of hydrogen-bond acceptors (Lipinski definition) is 0. The molecule has 4 aliphatic carbocycles. The number of alkyl halides is 3. The summed E-state index contributed by atoms with van der Waals surface area (Å²) in [7, 11) is 0. The Balaban J connectivity index is 1.84. The van der Waals surface area contributed by atoms with Gasteiger partial charge in [0.25, 0.3) is 0 Å². The van der Waals surface area contributed by atoms with Crippen molar-refractivity contribution >= 4 is 39.1 Å². The van der Waals surface area contributed by atoms with Crippen LogP contribution in [0, 0.1) is 28.6 Å². The highest BCUT2D eigenvalue weighted by Crippen LogP contribution is 2.71. The quantitative estimate of drug-likeness (QED) is 0.289. The maximum Gasteiger partial charge on any atom is 0.122 e. The predicted octanol–water partition coefficient (Wildman–Crippen LogP) is 7.39. The van der Waals surface area contributed by atoms with Crippen molar-refractivity contribution in [3.63, 3.8) is 0 Å². The molecule has 0 aromatic carbocycles. The van der Waals surface area contributed by atoms with E-state index in [0.29, 0.717) is 18.3 Å². The van der Waals surface area contributed by atoms with Crippen LogP contribution in [0.4, 0.5) is 4.39 Å². The molecule has 4 rings (SSSR count). The normalized spacial score (nSPS) is 54.9. The Hall–Kier alpha value is 0.470. The van der Waals surface area contributed by atoms with Gasteiger partial charge in [0, 0.05) is 5.41 Å². The van der Waals surface area contributed by atoms with E-state index in [1.807, 2.05) is 0 Å². The lowest BCUT2D eigenvalue weighted by Crippen LogP contribution is -2.66. The van der Waals surface area contributed by atoms with Gasteiger partial charge in [-0.1, -0.05) is 55.3 Å². The van der Waals surface area contributed by atoms with Crippen molar-refractivity contribution in [1.29, 1.82) is 0 Å². The Kier molecular flexibility index (Phi) is 4.50. The van der Waals surface area contributed by atoms with Crippen molar-refractivity contribution in [3.05, 3.63) is 22.2 Å². The topological polar surface area (TPSA) is 0 Å². The second-order valence-electron chi connectivity index (χ2n) is 9.20. The van der Waals surface area contributed by atoms with Gasteiger partial charge in [-0.25, -0.2) is 4.39 Å². The molecule has 0 aromatic heterocycles. The molecule has 0 spiro atoms. The van der Waals surface area contributed by atoms with E-state index in [1.165, 1.54) is 19.3 Å². The van der Waals surface area contributed by atoms with Crippen LogP contribution in [0.15, 0.2) is 22.2 Å². The molecule has 4 heteroatoms. The fourth-order valence-electron chi connectivity index (χ4n) is 7.11. The van der Waals surface area contributed by atoms with E-state index in [2.05, 4.69) is 48.9 Å². The Labute approximate surface area is 169 Å². The summed E-state index contributed by atoms with van der Waals surface area (Å²) in [5.74, 6) is 1.31. The average molecular weight is 450 g/mol. The van der Waals surface area contributed by atoms with E-state index in [1.54, 1.807) is 0 Å². The van der Waals surface area contributed by atoms with Gasteiger partial charge in [0.1, 0.15) is 6.17 Å². The summed E-state index contributed by atoms with van der Waals surface area (Å²) < 4.78 is 16.4. The van der Waals surface area contributed by atoms with Gasteiger partial charge in [-0.05, 0) is 65.3 Å². The summed E-state index contributed by atoms with van der Waals surface area (Å²) in [4.78, 5) is -0.602. The van der Waals surface area contributed by atoms with Gasteiger partial charge < -0.3 is 0 Å².